The van der Waals surface area contributed by atoms with E-state index < -0.39 is 10.0 Å². The van der Waals surface area contributed by atoms with E-state index >= 15 is 0 Å². The van der Waals surface area contributed by atoms with Gasteiger partial charge in [-0.05, 0) is 45.1 Å². The van der Waals surface area contributed by atoms with Crippen LogP contribution in [0, 0.1) is 5.92 Å². The van der Waals surface area contributed by atoms with Gasteiger partial charge in [-0.1, -0.05) is 6.92 Å². The number of hydrogen-bond acceptors (Lipinski definition) is 4. The molecule has 0 radical (unpaired) electrons. The first-order valence-electron chi connectivity index (χ1n) is 8.32. The zero-order valence-electron chi connectivity index (χ0n) is 13.7. The second kappa shape index (κ2) is 7.40. The largest absolute Gasteiger partial charge is 0.313 e. The topological polar surface area (TPSA) is 52.7 Å². The van der Waals surface area contributed by atoms with Crippen LogP contribution in [-0.2, 0) is 10.0 Å². The van der Waals surface area contributed by atoms with Crippen molar-refractivity contribution < 1.29 is 8.42 Å². The molecular formula is C15H31N3O2S. The van der Waals surface area contributed by atoms with Crippen LogP contribution in [0.2, 0.25) is 0 Å². The molecule has 0 amide bonds. The van der Waals surface area contributed by atoms with Crippen molar-refractivity contribution in [2.24, 2.45) is 5.92 Å². The molecule has 0 spiro atoms. The number of nitrogens with zero attached hydrogens (tertiary/aromatic N) is 2. The second-order valence-corrected chi connectivity index (χ2v) is 8.76. The smallest absolute Gasteiger partial charge is 0.211 e. The Kier molecular flexibility index (Phi) is 6.05. The molecule has 21 heavy (non-hydrogen) atoms. The van der Waals surface area contributed by atoms with Crippen LogP contribution in [-0.4, -0.2) is 68.7 Å². The van der Waals surface area contributed by atoms with Crippen molar-refractivity contribution in [1.29, 1.82) is 0 Å². The van der Waals surface area contributed by atoms with E-state index in [0.29, 0.717) is 31.1 Å². The first kappa shape index (κ1) is 17.2. The molecular weight excluding hydrogens is 286 g/mol. The van der Waals surface area contributed by atoms with Crippen LogP contribution in [0.25, 0.3) is 0 Å². The summed E-state index contributed by atoms with van der Waals surface area (Å²) in [5, 5.41) is 3.61. The fourth-order valence-corrected chi connectivity index (χ4v) is 4.49. The molecule has 0 aromatic carbocycles. The minimum absolute atomic E-state index is 0.478. The summed E-state index contributed by atoms with van der Waals surface area (Å²) >= 11 is 0. The van der Waals surface area contributed by atoms with Crippen molar-refractivity contribution in [2.75, 3.05) is 39.0 Å². The molecule has 0 saturated carbocycles. The minimum Gasteiger partial charge on any atom is -0.313 e. The summed E-state index contributed by atoms with van der Waals surface area (Å²) in [7, 11) is -3.03. The van der Waals surface area contributed by atoms with Gasteiger partial charge in [0.15, 0.2) is 0 Å². The summed E-state index contributed by atoms with van der Waals surface area (Å²) in [5.41, 5.74) is 0. The van der Waals surface area contributed by atoms with E-state index in [1.165, 1.54) is 12.7 Å². The van der Waals surface area contributed by atoms with E-state index in [4.69, 9.17) is 0 Å². The van der Waals surface area contributed by atoms with E-state index in [1.807, 2.05) is 0 Å². The van der Waals surface area contributed by atoms with Crippen molar-refractivity contribution in [3.05, 3.63) is 0 Å². The Hall–Kier alpha value is -0.170. The predicted molar refractivity (Wildman–Crippen MR) is 86.9 cm³/mol. The Labute approximate surface area is 130 Å². The molecule has 1 N–H and O–H groups in total. The van der Waals surface area contributed by atoms with Crippen molar-refractivity contribution in [3.63, 3.8) is 0 Å². The van der Waals surface area contributed by atoms with Gasteiger partial charge in [-0.25, -0.2) is 12.7 Å². The highest BCUT2D eigenvalue weighted by atomic mass is 32.2. The highest BCUT2D eigenvalue weighted by molar-refractivity contribution is 7.88. The highest BCUT2D eigenvalue weighted by Gasteiger charge is 2.29. The van der Waals surface area contributed by atoms with Gasteiger partial charge in [0.2, 0.25) is 10.0 Å². The molecule has 2 rings (SSSR count). The Morgan fingerprint density at radius 2 is 2.00 bits per heavy atom. The lowest BCUT2D eigenvalue weighted by molar-refractivity contribution is 0.141. The number of sulfonamides is 1. The molecule has 2 aliphatic rings. The van der Waals surface area contributed by atoms with Gasteiger partial charge in [0, 0.05) is 38.3 Å². The Morgan fingerprint density at radius 1 is 1.24 bits per heavy atom. The Bertz CT molecular complexity index is 427. The molecule has 3 atom stereocenters. The molecule has 3 unspecified atom stereocenters. The van der Waals surface area contributed by atoms with Gasteiger partial charge in [0.25, 0.3) is 0 Å². The molecule has 6 heteroatoms. The monoisotopic (exact) mass is 317 g/mol. The van der Waals surface area contributed by atoms with Gasteiger partial charge in [-0.3, -0.25) is 4.90 Å². The lowest BCUT2D eigenvalue weighted by Gasteiger charge is -2.36. The lowest BCUT2D eigenvalue weighted by Crippen LogP contribution is -2.47. The van der Waals surface area contributed by atoms with Gasteiger partial charge in [-0.15, -0.1) is 0 Å². The number of hydrogen-bond donors (Lipinski definition) is 1. The van der Waals surface area contributed by atoms with Crippen LogP contribution in [0.1, 0.15) is 39.5 Å². The number of piperidine rings is 1. The van der Waals surface area contributed by atoms with E-state index in [1.54, 1.807) is 4.31 Å². The lowest BCUT2D eigenvalue weighted by atomic mass is 9.98. The molecule has 0 bridgehead atoms. The summed E-state index contributed by atoms with van der Waals surface area (Å²) in [5.74, 6) is 0.478. The summed E-state index contributed by atoms with van der Waals surface area (Å²) in [6.45, 7) is 9.15. The van der Waals surface area contributed by atoms with Crippen molar-refractivity contribution in [3.8, 4) is 0 Å². The van der Waals surface area contributed by atoms with Crippen LogP contribution in [0.15, 0.2) is 0 Å². The molecule has 0 aliphatic carbocycles. The molecule has 0 aromatic rings. The Balaban J connectivity index is 1.95. The molecule has 2 fully saturated rings. The Morgan fingerprint density at radius 3 is 2.67 bits per heavy atom. The molecule has 2 heterocycles. The summed E-state index contributed by atoms with van der Waals surface area (Å²) in [6.07, 6.45) is 5.82. The normalized spacial score (nSPS) is 33.8. The van der Waals surface area contributed by atoms with Crippen LogP contribution in [0.3, 0.4) is 0 Å². The van der Waals surface area contributed by atoms with Crippen LogP contribution >= 0.6 is 0 Å². The first-order valence-corrected chi connectivity index (χ1v) is 10.2. The first-order chi connectivity index (χ1) is 9.90. The predicted octanol–water partition coefficient (Wildman–Crippen LogP) is 1.12. The third-order valence-electron chi connectivity index (χ3n) is 5.01. The molecule has 124 valence electrons. The average molecular weight is 317 g/mol. The van der Waals surface area contributed by atoms with Gasteiger partial charge < -0.3 is 5.32 Å². The quantitative estimate of drug-likeness (QED) is 0.844. The van der Waals surface area contributed by atoms with Gasteiger partial charge in [0.1, 0.15) is 0 Å². The maximum atomic E-state index is 11.7. The number of rotatable bonds is 4. The molecule has 2 saturated heterocycles. The summed E-state index contributed by atoms with van der Waals surface area (Å²) in [6, 6.07) is 1.16. The summed E-state index contributed by atoms with van der Waals surface area (Å²) in [4.78, 5) is 2.57. The fourth-order valence-electron chi connectivity index (χ4n) is 3.54. The highest BCUT2D eigenvalue weighted by Crippen LogP contribution is 2.22. The molecule has 5 nitrogen and oxygen atoms in total. The SMILES string of the molecule is CCC1CN(CC2CCCN(S(C)(=O)=O)C2)C(C)CCN1. The van der Waals surface area contributed by atoms with E-state index in [9.17, 15) is 8.42 Å². The fraction of sp³-hybridized carbons (Fsp3) is 1.00. The number of nitrogens with one attached hydrogen (secondary N) is 1. The van der Waals surface area contributed by atoms with Gasteiger partial charge >= 0.3 is 0 Å². The van der Waals surface area contributed by atoms with E-state index in [0.717, 1.165) is 38.9 Å². The third kappa shape index (κ3) is 4.91. The zero-order chi connectivity index (χ0) is 15.5. The maximum absolute atomic E-state index is 11.7. The van der Waals surface area contributed by atoms with Crippen molar-refractivity contribution in [1.82, 2.24) is 14.5 Å². The third-order valence-corrected chi connectivity index (χ3v) is 6.28. The second-order valence-electron chi connectivity index (χ2n) is 6.78. The van der Waals surface area contributed by atoms with Crippen LogP contribution < -0.4 is 5.32 Å². The van der Waals surface area contributed by atoms with Gasteiger partial charge in [0.05, 0.1) is 6.26 Å². The van der Waals surface area contributed by atoms with Crippen molar-refractivity contribution in [2.45, 2.75) is 51.6 Å². The van der Waals surface area contributed by atoms with Crippen LogP contribution in [0.4, 0.5) is 0 Å². The summed E-state index contributed by atoms with van der Waals surface area (Å²) < 4.78 is 25.2. The minimum atomic E-state index is -3.03. The molecule has 2 aliphatic heterocycles. The average Bonchev–Trinajstić information content (AvgIpc) is 2.61. The standard InChI is InChI=1S/C15H31N3O2S/c1-4-15-12-17(13(2)7-8-16-15)10-14-6-5-9-18(11-14)21(3,19)20/h13-16H,4-12H2,1-3H3. The molecule has 0 aromatic heterocycles. The van der Waals surface area contributed by atoms with E-state index in [-0.39, 0.29) is 0 Å². The van der Waals surface area contributed by atoms with Crippen LogP contribution in [0.5, 0.6) is 0 Å². The van der Waals surface area contributed by atoms with Crippen molar-refractivity contribution >= 4 is 10.0 Å². The zero-order valence-corrected chi connectivity index (χ0v) is 14.5. The van der Waals surface area contributed by atoms with Gasteiger partial charge in [-0.2, -0.15) is 0 Å². The van der Waals surface area contributed by atoms with E-state index in [2.05, 4.69) is 24.1 Å². The maximum Gasteiger partial charge on any atom is 0.211 e.